The second-order valence-corrected chi connectivity index (χ2v) is 8.07. The molecule has 0 saturated heterocycles. The number of aromatic hydroxyl groups is 1. The standard InChI is InChI=1S/C19H19Cl3N2O2S/c20-11-6-7-17(14(22)8-11)26-18-10-15(13(21)9-16(18)25)24-19(27)23-12-4-2-1-3-5-12/h6-10,12,25H,1-5H2,(H2,23,24,27). The van der Waals surface area contributed by atoms with Crippen molar-refractivity contribution in [3.63, 3.8) is 0 Å². The Kier molecular flexibility index (Phi) is 6.93. The van der Waals surface area contributed by atoms with Gasteiger partial charge in [0.2, 0.25) is 0 Å². The monoisotopic (exact) mass is 444 g/mol. The van der Waals surface area contributed by atoms with Crippen molar-refractivity contribution in [3.05, 3.63) is 45.4 Å². The Labute approximate surface area is 178 Å². The molecule has 27 heavy (non-hydrogen) atoms. The minimum atomic E-state index is -0.109. The molecule has 3 rings (SSSR count). The Morgan fingerprint density at radius 2 is 1.74 bits per heavy atom. The molecule has 0 spiro atoms. The first-order valence-corrected chi connectivity index (χ1v) is 10.2. The minimum Gasteiger partial charge on any atom is -0.504 e. The second-order valence-electron chi connectivity index (χ2n) is 6.41. The van der Waals surface area contributed by atoms with Gasteiger partial charge >= 0.3 is 0 Å². The maximum atomic E-state index is 10.2. The van der Waals surface area contributed by atoms with E-state index in [1.165, 1.54) is 25.3 Å². The molecular formula is C19H19Cl3N2O2S. The van der Waals surface area contributed by atoms with Gasteiger partial charge in [0.25, 0.3) is 0 Å². The first-order chi connectivity index (χ1) is 12.9. The zero-order valence-electron chi connectivity index (χ0n) is 14.4. The minimum absolute atomic E-state index is 0.109. The van der Waals surface area contributed by atoms with Crippen molar-refractivity contribution in [2.45, 2.75) is 38.1 Å². The Morgan fingerprint density at radius 3 is 2.44 bits per heavy atom. The summed E-state index contributed by atoms with van der Waals surface area (Å²) >= 11 is 23.7. The molecule has 1 aliphatic rings. The number of anilines is 1. The smallest absolute Gasteiger partial charge is 0.171 e. The Bertz CT molecular complexity index is 842. The van der Waals surface area contributed by atoms with Gasteiger partial charge in [-0.25, -0.2) is 0 Å². The molecule has 1 fully saturated rings. The van der Waals surface area contributed by atoms with E-state index in [1.807, 2.05) is 0 Å². The molecule has 0 aromatic heterocycles. The van der Waals surface area contributed by atoms with Crippen LogP contribution in [0.25, 0.3) is 0 Å². The van der Waals surface area contributed by atoms with E-state index >= 15 is 0 Å². The van der Waals surface area contributed by atoms with Crippen molar-refractivity contribution < 1.29 is 9.84 Å². The van der Waals surface area contributed by atoms with Gasteiger partial charge in [0.15, 0.2) is 16.6 Å². The molecule has 3 N–H and O–H groups in total. The average molecular weight is 446 g/mol. The Morgan fingerprint density at radius 1 is 1.00 bits per heavy atom. The summed E-state index contributed by atoms with van der Waals surface area (Å²) in [5.74, 6) is 0.460. The van der Waals surface area contributed by atoms with E-state index in [9.17, 15) is 5.11 Å². The lowest BCUT2D eigenvalue weighted by Crippen LogP contribution is -2.38. The highest BCUT2D eigenvalue weighted by Gasteiger charge is 2.16. The number of benzene rings is 2. The van der Waals surface area contributed by atoms with E-state index < -0.39 is 0 Å². The van der Waals surface area contributed by atoms with Crippen molar-refractivity contribution in [1.82, 2.24) is 5.32 Å². The topological polar surface area (TPSA) is 53.5 Å². The summed E-state index contributed by atoms with van der Waals surface area (Å²) in [7, 11) is 0. The molecule has 0 bridgehead atoms. The van der Waals surface area contributed by atoms with Crippen LogP contribution in [0.3, 0.4) is 0 Å². The van der Waals surface area contributed by atoms with Crippen LogP contribution >= 0.6 is 47.0 Å². The van der Waals surface area contributed by atoms with Crippen molar-refractivity contribution >= 4 is 57.8 Å². The molecule has 1 aliphatic carbocycles. The molecule has 1 saturated carbocycles. The fourth-order valence-corrected chi connectivity index (χ4v) is 3.92. The third-order valence-corrected chi connectivity index (χ3v) is 5.41. The van der Waals surface area contributed by atoms with E-state index in [4.69, 9.17) is 51.8 Å². The Hall–Kier alpha value is -1.40. The van der Waals surface area contributed by atoms with Gasteiger partial charge in [-0.2, -0.15) is 0 Å². The fourth-order valence-electron chi connectivity index (χ4n) is 2.99. The summed E-state index contributed by atoms with van der Waals surface area (Å²) in [5, 5.41) is 18.2. The van der Waals surface area contributed by atoms with E-state index in [-0.39, 0.29) is 11.5 Å². The molecule has 4 nitrogen and oxygen atoms in total. The van der Waals surface area contributed by atoms with Gasteiger partial charge in [-0.05, 0) is 43.3 Å². The van der Waals surface area contributed by atoms with E-state index in [0.29, 0.717) is 37.7 Å². The van der Waals surface area contributed by atoms with Crippen molar-refractivity contribution in [2.75, 3.05) is 5.32 Å². The molecular weight excluding hydrogens is 427 g/mol. The van der Waals surface area contributed by atoms with Crippen LogP contribution in [0, 0.1) is 0 Å². The number of halogens is 3. The van der Waals surface area contributed by atoms with Crippen LogP contribution in [0.1, 0.15) is 32.1 Å². The molecule has 2 aromatic rings. The predicted octanol–water partition coefficient (Wildman–Crippen LogP) is 6.76. The molecule has 8 heteroatoms. The second kappa shape index (κ2) is 9.20. The number of hydrogen-bond acceptors (Lipinski definition) is 3. The van der Waals surface area contributed by atoms with Crippen LogP contribution < -0.4 is 15.4 Å². The summed E-state index contributed by atoms with van der Waals surface area (Å²) in [6.07, 6.45) is 5.90. The third kappa shape index (κ3) is 5.55. The van der Waals surface area contributed by atoms with Crippen molar-refractivity contribution in [2.24, 2.45) is 0 Å². The quantitative estimate of drug-likeness (QED) is 0.358. The van der Waals surface area contributed by atoms with Gasteiger partial charge in [-0.1, -0.05) is 54.1 Å². The lowest BCUT2D eigenvalue weighted by Gasteiger charge is -2.24. The number of ether oxygens (including phenoxy) is 1. The van der Waals surface area contributed by atoms with Gasteiger partial charge in [-0.3, -0.25) is 0 Å². The van der Waals surface area contributed by atoms with Gasteiger partial charge in [0, 0.05) is 23.2 Å². The highest BCUT2D eigenvalue weighted by molar-refractivity contribution is 7.80. The van der Waals surface area contributed by atoms with Crippen molar-refractivity contribution in [1.29, 1.82) is 0 Å². The molecule has 0 aliphatic heterocycles. The first-order valence-electron chi connectivity index (χ1n) is 8.65. The van der Waals surface area contributed by atoms with E-state index in [0.717, 1.165) is 12.8 Å². The normalized spacial score (nSPS) is 14.6. The number of thiocarbonyl (C=S) groups is 1. The fraction of sp³-hybridized carbons (Fsp3) is 0.316. The lowest BCUT2D eigenvalue weighted by molar-refractivity contribution is 0.411. The summed E-state index contributed by atoms with van der Waals surface area (Å²) < 4.78 is 5.72. The SMILES string of the molecule is Oc1cc(Cl)c(NC(=S)NC2CCCCC2)cc1Oc1ccc(Cl)cc1Cl. The zero-order chi connectivity index (χ0) is 19.4. The third-order valence-electron chi connectivity index (χ3n) is 4.35. The highest BCUT2D eigenvalue weighted by Crippen LogP contribution is 2.40. The van der Waals surface area contributed by atoms with Crippen LogP contribution in [0.15, 0.2) is 30.3 Å². The van der Waals surface area contributed by atoms with Gasteiger partial charge < -0.3 is 20.5 Å². The van der Waals surface area contributed by atoms with Gasteiger partial charge in [0.05, 0.1) is 15.7 Å². The van der Waals surface area contributed by atoms with Gasteiger partial charge in [0.1, 0.15) is 5.75 Å². The molecule has 144 valence electrons. The summed E-state index contributed by atoms with van der Waals surface area (Å²) in [6, 6.07) is 8.19. The van der Waals surface area contributed by atoms with Crippen LogP contribution in [0.5, 0.6) is 17.2 Å². The number of hydrogen-bond donors (Lipinski definition) is 3. The number of phenols is 1. The molecule has 0 radical (unpaired) electrons. The zero-order valence-corrected chi connectivity index (χ0v) is 17.5. The molecule has 0 unspecified atom stereocenters. The van der Waals surface area contributed by atoms with E-state index in [1.54, 1.807) is 24.3 Å². The molecule has 0 amide bonds. The van der Waals surface area contributed by atoms with Crippen LogP contribution in [-0.4, -0.2) is 16.3 Å². The first kappa shape index (κ1) is 20.3. The van der Waals surface area contributed by atoms with Crippen molar-refractivity contribution in [3.8, 4) is 17.2 Å². The maximum absolute atomic E-state index is 10.2. The van der Waals surface area contributed by atoms with Gasteiger partial charge in [-0.15, -0.1) is 0 Å². The summed E-state index contributed by atoms with van der Waals surface area (Å²) in [5.41, 5.74) is 0.530. The Balaban J connectivity index is 1.74. The molecule has 0 atom stereocenters. The molecule has 2 aromatic carbocycles. The average Bonchev–Trinajstić information content (AvgIpc) is 2.62. The highest BCUT2D eigenvalue weighted by atomic mass is 35.5. The number of phenolic OH excluding ortho intramolecular Hbond substituents is 1. The van der Waals surface area contributed by atoms with E-state index in [2.05, 4.69) is 10.6 Å². The number of rotatable bonds is 4. The maximum Gasteiger partial charge on any atom is 0.171 e. The van der Waals surface area contributed by atoms with Crippen LogP contribution in [0.4, 0.5) is 5.69 Å². The van der Waals surface area contributed by atoms with Crippen LogP contribution in [0.2, 0.25) is 15.1 Å². The number of nitrogens with one attached hydrogen (secondary N) is 2. The predicted molar refractivity (Wildman–Crippen MR) is 116 cm³/mol. The summed E-state index contributed by atoms with van der Waals surface area (Å²) in [4.78, 5) is 0. The van der Waals surface area contributed by atoms with Crippen LogP contribution in [-0.2, 0) is 0 Å². The largest absolute Gasteiger partial charge is 0.504 e. The lowest BCUT2D eigenvalue weighted by atomic mass is 9.96. The summed E-state index contributed by atoms with van der Waals surface area (Å²) in [6.45, 7) is 0. The molecule has 0 heterocycles.